The smallest absolute Gasteiger partial charge is 0.244 e. The number of pyridine rings is 1. The van der Waals surface area contributed by atoms with E-state index < -0.39 is 0 Å². The van der Waals surface area contributed by atoms with Crippen molar-refractivity contribution in [1.29, 1.82) is 0 Å². The van der Waals surface area contributed by atoms with Crippen molar-refractivity contribution < 1.29 is 9.53 Å². The first-order valence-corrected chi connectivity index (χ1v) is 9.34. The maximum Gasteiger partial charge on any atom is 0.244 e. The van der Waals surface area contributed by atoms with Crippen LogP contribution in [0.25, 0.3) is 21.8 Å². The van der Waals surface area contributed by atoms with Gasteiger partial charge in [0.05, 0.1) is 36.1 Å². The SMILES string of the molecule is C[C@H](N)CN1CCOC[C@@H]1C(=O)Nc1cc(Cl)cc2c1[nH]c1cnccc12.Cl. The van der Waals surface area contributed by atoms with Crippen LogP contribution in [0, 0.1) is 0 Å². The van der Waals surface area contributed by atoms with Gasteiger partial charge in [-0.05, 0) is 25.1 Å². The van der Waals surface area contributed by atoms with Gasteiger partial charge < -0.3 is 20.8 Å². The number of aromatic amines is 1. The van der Waals surface area contributed by atoms with E-state index in [9.17, 15) is 4.79 Å². The second-order valence-corrected chi connectivity index (χ2v) is 7.41. The summed E-state index contributed by atoms with van der Waals surface area (Å²) in [5.74, 6) is -0.129. The molecule has 2 atom stereocenters. The zero-order valence-corrected chi connectivity index (χ0v) is 17.0. The molecular formula is C19H23Cl2N5O2. The maximum absolute atomic E-state index is 13.0. The van der Waals surface area contributed by atoms with Crippen LogP contribution >= 0.6 is 24.0 Å². The van der Waals surface area contributed by atoms with Crippen LogP contribution in [0.3, 0.4) is 0 Å². The summed E-state index contributed by atoms with van der Waals surface area (Å²) >= 11 is 6.32. The van der Waals surface area contributed by atoms with E-state index in [4.69, 9.17) is 22.1 Å². The van der Waals surface area contributed by atoms with Crippen LogP contribution in [0.15, 0.2) is 30.6 Å². The summed E-state index contributed by atoms with van der Waals surface area (Å²) in [5, 5.41) is 5.54. The Labute approximate surface area is 174 Å². The molecule has 1 aliphatic rings. The number of anilines is 1. The Balaban J connectivity index is 0.00000225. The van der Waals surface area contributed by atoms with Crippen molar-refractivity contribution in [3.63, 3.8) is 0 Å². The summed E-state index contributed by atoms with van der Waals surface area (Å²) < 4.78 is 5.53. The highest BCUT2D eigenvalue weighted by molar-refractivity contribution is 6.32. The lowest BCUT2D eigenvalue weighted by Gasteiger charge is -2.35. The Kier molecular flexibility index (Phi) is 6.42. The second-order valence-electron chi connectivity index (χ2n) is 6.97. The number of halogens is 2. The normalized spacial score (nSPS) is 18.8. The molecule has 150 valence electrons. The molecule has 7 nitrogen and oxygen atoms in total. The number of nitrogens with two attached hydrogens (primary N) is 1. The Hall–Kier alpha value is -1.90. The van der Waals surface area contributed by atoms with E-state index in [0.29, 0.717) is 37.0 Å². The van der Waals surface area contributed by atoms with Gasteiger partial charge in [0.25, 0.3) is 0 Å². The van der Waals surface area contributed by atoms with Crippen molar-refractivity contribution in [1.82, 2.24) is 14.9 Å². The van der Waals surface area contributed by atoms with Crippen molar-refractivity contribution in [3.05, 3.63) is 35.6 Å². The number of rotatable bonds is 4. The van der Waals surface area contributed by atoms with Gasteiger partial charge in [0.1, 0.15) is 6.04 Å². The molecule has 2 aromatic heterocycles. The van der Waals surface area contributed by atoms with Gasteiger partial charge in [-0.1, -0.05) is 11.6 Å². The molecular weight excluding hydrogens is 401 g/mol. The molecule has 1 aliphatic heterocycles. The van der Waals surface area contributed by atoms with Gasteiger partial charge in [-0.25, -0.2) is 0 Å². The molecule has 1 fully saturated rings. The summed E-state index contributed by atoms with van der Waals surface area (Å²) in [6.07, 6.45) is 3.49. The van der Waals surface area contributed by atoms with Gasteiger partial charge >= 0.3 is 0 Å². The molecule has 28 heavy (non-hydrogen) atoms. The molecule has 9 heteroatoms. The average molecular weight is 424 g/mol. The van der Waals surface area contributed by atoms with Crippen LogP contribution in [-0.4, -0.2) is 59.2 Å². The summed E-state index contributed by atoms with van der Waals surface area (Å²) in [4.78, 5) is 22.5. The van der Waals surface area contributed by atoms with Crippen molar-refractivity contribution in [2.45, 2.75) is 19.0 Å². The Morgan fingerprint density at radius 2 is 2.32 bits per heavy atom. The maximum atomic E-state index is 13.0. The van der Waals surface area contributed by atoms with Crippen LogP contribution in [0.4, 0.5) is 5.69 Å². The lowest BCUT2D eigenvalue weighted by molar-refractivity contribution is -0.127. The third-order valence-corrected chi connectivity index (χ3v) is 5.01. The first kappa shape index (κ1) is 20.8. The fourth-order valence-corrected chi connectivity index (χ4v) is 3.82. The number of carbonyl (C=O) groups excluding carboxylic acids is 1. The van der Waals surface area contributed by atoms with Crippen LogP contribution in [0.2, 0.25) is 5.02 Å². The first-order valence-electron chi connectivity index (χ1n) is 8.96. The lowest BCUT2D eigenvalue weighted by Crippen LogP contribution is -2.54. The number of hydrogen-bond acceptors (Lipinski definition) is 5. The predicted octanol–water partition coefficient (Wildman–Crippen LogP) is 2.78. The molecule has 3 aromatic rings. The first-order chi connectivity index (χ1) is 13.0. The molecule has 0 saturated carbocycles. The number of carbonyl (C=O) groups is 1. The van der Waals surface area contributed by atoms with E-state index in [1.807, 2.05) is 19.1 Å². The van der Waals surface area contributed by atoms with Crippen molar-refractivity contribution >= 4 is 57.4 Å². The number of aromatic nitrogens is 2. The highest BCUT2D eigenvalue weighted by Crippen LogP contribution is 2.33. The molecule has 0 spiro atoms. The van der Waals surface area contributed by atoms with E-state index in [1.54, 1.807) is 18.5 Å². The van der Waals surface area contributed by atoms with Gasteiger partial charge in [0.15, 0.2) is 0 Å². The van der Waals surface area contributed by atoms with Crippen LogP contribution in [-0.2, 0) is 9.53 Å². The molecule has 0 radical (unpaired) electrons. The van der Waals surface area contributed by atoms with Crippen LogP contribution in [0.5, 0.6) is 0 Å². The van der Waals surface area contributed by atoms with Gasteiger partial charge in [-0.15, -0.1) is 12.4 Å². The zero-order valence-electron chi connectivity index (χ0n) is 15.4. The second kappa shape index (κ2) is 8.63. The number of H-pyrrole nitrogens is 1. The van der Waals surface area contributed by atoms with Gasteiger partial charge in [-0.2, -0.15) is 0 Å². The fraction of sp³-hybridized carbons (Fsp3) is 0.368. The minimum atomic E-state index is -0.384. The Bertz CT molecular complexity index is 991. The number of nitrogens with zero attached hydrogens (tertiary/aromatic N) is 2. The largest absolute Gasteiger partial charge is 0.378 e. The van der Waals surface area contributed by atoms with Gasteiger partial charge in [0, 0.05) is 41.1 Å². The highest BCUT2D eigenvalue weighted by atomic mass is 35.5. The Morgan fingerprint density at radius 3 is 3.11 bits per heavy atom. The summed E-state index contributed by atoms with van der Waals surface area (Å²) in [7, 11) is 0. The van der Waals surface area contributed by atoms with Crippen molar-refractivity contribution in [2.24, 2.45) is 5.73 Å². The number of ether oxygens (including phenoxy) is 1. The van der Waals surface area contributed by atoms with Crippen molar-refractivity contribution in [3.8, 4) is 0 Å². The molecule has 1 aromatic carbocycles. The minimum absolute atomic E-state index is 0. The minimum Gasteiger partial charge on any atom is -0.378 e. The van der Waals surface area contributed by atoms with E-state index >= 15 is 0 Å². The number of benzene rings is 1. The highest BCUT2D eigenvalue weighted by Gasteiger charge is 2.30. The molecule has 3 heterocycles. The molecule has 0 aliphatic carbocycles. The Morgan fingerprint density at radius 1 is 1.50 bits per heavy atom. The number of fused-ring (bicyclic) bond motifs is 3. The summed E-state index contributed by atoms with van der Waals surface area (Å²) in [6, 6.07) is 5.17. The number of nitrogens with one attached hydrogen (secondary N) is 2. The standard InChI is InChI=1S/C19H22ClN5O2.ClH/c1-11(21)9-25-4-5-27-10-17(25)19(26)24-15-7-12(20)6-14-13-2-3-22-8-16(13)23-18(14)15;/h2-3,6-8,11,17,23H,4-5,9-10,21H2,1H3,(H,24,26);1H/t11-,17+;/m0./s1. The predicted molar refractivity (Wildman–Crippen MR) is 114 cm³/mol. The molecule has 1 saturated heterocycles. The van der Waals surface area contributed by atoms with E-state index in [1.165, 1.54) is 0 Å². The fourth-order valence-electron chi connectivity index (χ4n) is 3.60. The molecule has 0 bridgehead atoms. The van der Waals surface area contributed by atoms with Crippen LogP contribution in [0.1, 0.15) is 6.92 Å². The van der Waals surface area contributed by atoms with Gasteiger partial charge in [-0.3, -0.25) is 14.7 Å². The number of amides is 1. The third kappa shape index (κ3) is 4.09. The quantitative estimate of drug-likeness (QED) is 0.599. The third-order valence-electron chi connectivity index (χ3n) is 4.80. The van der Waals surface area contributed by atoms with Crippen LogP contribution < -0.4 is 11.1 Å². The molecule has 4 rings (SSSR count). The van der Waals surface area contributed by atoms with Crippen molar-refractivity contribution in [2.75, 3.05) is 31.6 Å². The van der Waals surface area contributed by atoms with E-state index in [2.05, 4.69) is 20.2 Å². The number of morpholine rings is 1. The lowest BCUT2D eigenvalue weighted by atomic mass is 10.1. The summed E-state index contributed by atoms with van der Waals surface area (Å²) in [5.41, 5.74) is 8.30. The molecule has 1 amide bonds. The number of hydrogen-bond donors (Lipinski definition) is 3. The molecule has 0 unspecified atom stereocenters. The zero-order chi connectivity index (χ0) is 19.0. The topological polar surface area (TPSA) is 96.3 Å². The van der Waals surface area contributed by atoms with E-state index in [-0.39, 0.29) is 30.4 Å². The van der Waals surface area contributed by atoms with E-state index in [0.717, 1.165) is 21.8 Å². The van der Waals surface area contributed by atoms with Gasteiger partial charge in [0.2, 0.25) is 5.91 Å². The average Bonchev–Trinajstić information content (AvgIpc) is 3.00. The molecule has 4 N–H and O–H groups in total. The summed E-state index contributed by atoms with van der Waals surface area (Å²) in [6.45, 7) is 4.21. The monoisotopic (exact) mass is 423 g/mol.